The second kappa shape index (κ2) is 6.36. The predicted octanol–water partition coefficient (Wildman–Crippen LogP) is 2.93. The molecule has 116 valence electrons. The van der Waals surface area contributed by atoms with Gasteiger partial charge in [-0.1, -0.05) is 6.07 Å². The fraction of sp³-hybridized carbons (Fsp3) is 0.389. The van der Waals surface area contributed by atoms with Crippen molar-refractivity contribution in [3.05, 3.63) is 58.9 Å². The summed E-state index contributed by atoms with van der Waals surface area (Å²) in [6.07, 6.45) is 5.40. The van der Waals surface area contributed by atoms with E-state index < -0.39 is 5.97 Å². The van der Waals surface area contributed by atoms with Crippen LogP contribution in [0.25, 0.3) is 0 Å². The van der Waals surface area contributed by atoms with Crippen molar-refractivity contribution in [1.82, 2.24) is 9.88 Å². The normalized spacial score (nSPS) is 17.2. The average Bonchev–Trinajstić information content (AvgIpc) is 2.92. The van der Waals surface area contributed by atoms with E-state index in [1.54, 1.807) is 6.07 Å². The Balaban J connectivity index is 1.69. The molecular formula is C18H22N2O2. The highest BCUT2D eigenvalue weighted by Crippen LogP contribution is 2.32. The number of benzene rings is 1. The molecule has 4 nitrogen and oxygen atoms in total. The number of aryl methyl sites for hydroxylation is 2. The van der Waals surface area contributed by atoms with Crippen molar-refractivity contribution in [2.75, 3.05) is 6.54 Å². The predicted molar refractivity (Wildman–Crippen MR) is 86.2 cm³/mol. The van der Waals surface area contributed by atoms with Crippen molar-refractivity contribution in [2.45, 2.75) is 31.7 Å². The van der Waals surface area contributed by atoms with Crippen LogP contribution in [0.5, 0.6) is 0 Å². The standard InChI is InChI=1S/C18H22N2O2/c1-20-9-3-6-16(20)12-19-11-15-5-2-4-13-7-8-14(18(21)22)10-17(13)15/h3,6-10,15,19H,2,4-5,11-12H2,1H3,(H,21,22). The Kier molecular flexibility index (Phi) is 4.29. The second-order valence-electron chi connectivity index (χ2n) is 6.05. The Bertz CT molecular complexity index is 675. The number of aromatic carboxylic acids is 1. The topological polar surface area (TPSA) is 54.3 Å². The summed E-state index contributed by atoms with van der Waals surface area (Å²) < 4.78 is 2.12. The first kappa shape index (κ1) is 14.9. The number of nitrogens with one attached hydrogen (secondary N) is 1. The Morgan fingerprint density at radius 3 is 3.00 bits per heavy atom. The van der Waals surface area contributed by atoms with E-state index in [1.807, 2.05) is 31.4 Å². The van der Waals surface area contributed by atoms with Gasteiger partial charge < -0.3 is 15.0 Å². The maximum Gasteiger partial charge on any atom is 0.335 e. The van der Waals surface area contributed by atoms with Crippen molar-refractivity contribution in [2.24, 2.45) is 7.05 Å². The average molecular weight is 298 g/mol. The molecule has 1 atom stereocenters. The highest BCUT2D eigenvalue weighted by molar-refractivity contribution is 5.88. The van der Waals surface area contributed by atoms with Gasteiger partial charge in [0.2, 0.25) is 0 Å². The highest BCUT2D eigenvalue weighted by atomic mass is 16.4. The van der Waals surface area contributed by atoms with E-state index >= 15 is 0 Å². The van der Waals surface area contributed by atoms with Crippen LogP contribution in [0.2, 0.25) is 0 Å². The van der Waals surface area contributed by atoms with E-state index in [0.29, 0.717) is 11.5 Å². The Morgan fingerprint density at radius 1 is 1.41 bits per heavy atom. The summed E-state index contributed by atoms with van der Waals surface area (Å²) in [6, 6.07) is 9.74. The highest BCUT2D eigenvalue weighted by Gasteiger charge is 2.21. The smallest absolute Gasteiger partial charge is 0.335 e. The van der Waals surface area contributed by atoms with Gasteiger partial charge in [-0.3, -0.25) is 0 Å². The summed E-state index contributed by atoms with van der Waals surface area (Å²) >= 11 is 0. The Hall–Kier alpha value is -2.07. The van der Waals surface area contributed by atoms with Crippen LogP contribution in [0.4, 0.5) is 0 Å². The molecule has 0 radical (unpaired) electrons. The zero-order valence-electron chi connectivity index (χ0n) is 12.9. The molecule has 0 bridgehead atoms. The minimum atomic E-state index is -0.844. The first-order valence-corrected chi connectivity index (χ1v) is 7.82. The number of hydrogen-bond donors (Lipinski definition) is 2. The zero-order chi connectivity index (χ0) is 15.5. The minimum Gasteiger partial charge on any atom is -0.478 e. The summed E-state index contributed by atoms with van der Waals surface area (Å²) in [5, 5.41) is 12.7. The molecular weight excluding hydrogens is 276 g/mol. The summed E-state index contributed by atoms with van der Waals surface area (Å²) in [4.78, 5) is 11.2. The molecule has 1 aliphatic rings. The molecule has 0 saturated carbocycles. The summed E-state index contributed by atoms with van der Waals surface area (Å²) in [7, 11) is 2.05. The van der Waals surface area contributed by atoms with Crippen molar-refractivity contribution in [3.63, 3.8) is 0 Å². The lowest BCUT2D eigenvalue weighted by Crippen LogP contribution is -2.25. The molecule has 1 unspecified atom stereocenters. The van der Waals surface area contributed by atoms with Crippen LogP contribution in [0.3, 0.4) is 0 Å². The molecule has 0 amide bonds. The summed E-state index contributed by atoms with van der Waals surface area (Å²) in [6.45, 7) is 1.73. The second-order valence-corrected chi connectivity index (χ2v) is 6.05. The molecule has 1 aromatic carbocycles. The largest absolute Gasteiger partial charge is 0.478 e. The van der Waals surface area contributed by atoms with Gasteiger partial charge in [-0.25, -0.2) is 4.79 Å². The molecule has 1 aliphatic carbocycles. The lowest BCUT2D eigenvalue weighted by molar-refractivity contribution is 0.0696. The van der Waals surface area contributed by atoms with Gasteiger partial charge in [-0.2, -0.15) is 0 Å². The monoisotopic (exact) mass is 298 g/mol. The number of carboxylic acids is 1. The first-order chi connectivity index (χ1) is 10.6. The van der Waals surface area contributed by atoms with E-state index in [4.69, 9.17) is 0 Å². The fourth-order valence-electron chi connectivity index (χ4n) is 3.30. The number of carboxylic acid groups (broad SMARTS) is 1. The van der Waals surface area contributed by atoms with Crippen LogP contribution < -0.4 is 5.32 Å². The molecule has 0 spiro atoms. The molecule has 2 aromatic rings. The third-order valence-corrected chi connectivity index (χ3v) is 4.58. The first-order valence-electron chi connectivity index (χ1n) is 7.82. The third-order valence-electron chi connectivity index (χ3n) is 4.58. The Labute approximate surface area is 130 Å². The molecule has 4 heteroatoms. The van der Waals surface area contributed by atoms with E-state index in [1.165, 1.54) is 23.2 Å². The summed E-state index contributed by atoms with van der Waals surface area (Å²) in [5.74, 6) is -0.438. The van der Waals surface area contributed by atoms with Gasteiger partial charge in [-0.15, -0.1) is 0 Å². The minimum absolute atomic E-state index is 0.396. The van der Waals surface area contributed by atoms with E-state index in [2.05, 4.69) is 16.0 Å². The number of aromatic nitrogens is 1. The van der Waals surface area contributed by atoms with Crippen LogP contribution in [0.1, 0.15) is 45.9 Å². The quantitative estimate of drug-likeness (QED) is 0.892. The van der Waals surface area contributed by atoms with E-state index in [-0.39, 0.29) is 0 Å². The van der Waals surface area contributed by atoms with Crippen molar-refractivity contribution < 1.29 is 9.90 Å². The van der Waals surface area contributed by atoms with Crippen molar-refractivity contribution >= 4 is 5.97 Å². The molecule has 1 aromatic heterocycles. The Morgan fingerprint density at radius 2 is 2.27 bits per heavy atom. The number of carbonyl (C=O) groups is 1. The van der Waals surface area contributed by atoms with Gasteiger partial charge in [0.25, 0.3) is 0 Å². The SMILES string of the molecule is Cn1cccc1CNCC1CCCc2ccc(C(=O)O)cc21. The molecule has 0 saturated heterocycles. The van der Waals surface area contributed by atoms with Crippen molar-refractivity contribution in [1.29, 1.82) is 0 Å². The molecule has 2 N–H and O–H groups in total. The van der Waals surface area contributed by atoms with Crippen LogP contribution in [0.15, 0.2) is 36.5 Å². The van der Waals surface area contributed by atoms with Gasteiger partial charge in [0.1, 0.15) is 0 Å². The number of rotatable bonds is 5. The van der Waals surface area contributed by atoms with Crippen LogP contribution in [-0.4, -0.2) is 22.2 Å². The zero-order valence-corrected chi connectivity index (χ0v) is 12.9. The van der Waals surface area contributed by atoms with Crippen LogP contribution in [-0.2, 0) is 20.0 Å². The fourth-order valence-corrected chi connectivity index (χ4v) is 3.30. The number of fused-ring (bicyclic) bond motifs is 1. The molecule has 0 fully saturated rings. The van der Waals surface area contributed by atoms with Gasteiger partial charge in [0.15, 0.2) is 0 Å². The summed E-state index contributed by atoms with van der Waals surface area (Å²) in [5.41, 5.74) is 4.18. The third kappa shape index (κ3) is 3.07. The molecule has 1 heterocycles. The molecule has 22 heavy (non-hydrogen) atoms. The van der Waals surface area contributed by atoms with E-state index in [0.717, 1.165) is 25.9 Å². The van der Waals surface area contributed by atoms with Crippen LogP contribution in [0, 0.1) is 0 Å². The maximum atomic E-state index is 11.2. The van der Waals surface area contributed by atoms with Crippen molar-refractivity contribution in [3.8, 4) is 0 Å². The van der Waals surface area contributed by atoms with Gasteiger partial charge in [0.05, 0.1) is 5.56 Å². The lowest BCUT2D eigenvalue weighted by atomic mass is 9.82. The molecule has 0 aliphatic heterocycles. The van der Waals surface area contributed by atoms with Crippen LogP contribution >= 0.6 is 0 Å². The van der Waals surface area contributed by atoms with Gasteiger partial charge in [-0.05, 0) is 60.6 Å². The van der Waals surface area contributed by atoms with Gasteiger partial charge >= 0.3 is 5.97 Å². The number of nitrogens with zero attached hydrogens (tertiary/aromatic N) is 1. The number of hydrogen-bond acceptors (Lipinski definition) is 2. The van der Waals surface area contributed by atoms with E-state index in [9.17, 15) is 9.90 Å². The van der Waals surface area contributed by atoms with Gasteiger partial charge in [0, 0.05) is 32.0 Å². The lowest BCUT2D eigenvalue weighted by Gasteiger charge is -2.26. The maximum absolute atomic E-state index is 11.2. The molecule has 3 rings (SSSR count).